The number of rotatable bonds is 8. The van der Waals surface area contributed by atoms with Crippen LogP contribution in [0.3, 0.4) is 0 Å². The number of carbonyl (C=O) groups is 4. The van der Waals surface area contributed by atoms with E-state index in [1.165, 1.54) is 0 Å². The zero-order valence-corrected chi connectivity index (χ0v) is 14.4. The van der Waals surface area contributed by atoms with Crippen molar-refractivity contribution < 1.29 is 29.4 Å². The van der Waals surface area contributed by atoms with Crippen LogP contribution in [0, 0.1) is 20.8 Å². The van der Waals surface area contributed by atoms with Gasteiger partial charge >= 0.3 is 0 Å². The van der Waals surface area contributed by atoms with E-state index in [0.717, 1.165) is 11.1 Å². The number of nitrogens with one attached hydrogen (secondary N) is 2. The fraction of sp³-hybridized carbons (Fsp3) is 0.412. The van der Waals surface area contributed by atoms with Crippen molar-refractivity contribution in [2.75, 3.05) is 10.6 Å². The first kappa shape index (κ1) is 20.1. The van der Waals surface area contributed by atoms with Gasteiger partial charge < -0.3 is 30.4 Å². The van der Waals surface area contributed by atoms with Gasteiger partial charge in [0, 0.05) is 36.2 Å². The highest BCUT2D eigenvalue weighted by Crippen LogP contribution is 2.31. The van der Waals surface area contributed by atoms with Crippen molar-refractivity contribution in [3.05, 3.63) is 22.8 Å². The van der Waals surface area contributed by atoms with Crippen molar-refractivity contribution in [3.8, 4) is 0 Å². The Balaban J connectivity index is 2.97. The van der Waals surface area contributed by atoms with E-state index in [1.807, 2.05) is 0 Å². The summed E-state index contributed by atoms with van der Waals surface area (Å²) in [6, 6.07) is 1.76. The minimum absolute atomic E-state index is 0.220. The third kappa shape index (κ3) is 6.25. The van der Waals surface area contributed by atoms with Crippen LogP contribution in [0.5, 0.6) is 0 Å². The van der Waals surface area contributed by atoms with Gasteiger partial charge in [0.05, 0.1) is 0 Å². The van der Waals surface area contributed by atoms with Crippen molar-refractivity contribution in [2.45, 2.75) is 46.5 Å². The standard InChI is InChI=1S/C17H22N2O6/c1-9-8-10(2)17(19-13(21)5-7-15(24)25)11(3)16(9)18-12(20)4-6-14(22)23/h8H,4-7H2,1-3H3,(H,18,20)(H,19,21)(H,22,23)(H,24,25)/p-2. The van der Waals surface area contributed by atoms with Crippen LogP contribution in [0.4, 0.5) is 11.4 Å². The number of aryl methyl sites for hydroxylation is 2. The van der Waals surface area contributed by atoms with E-state index in [0.29, 0.717) is 16.9 Å². The molecule has 0 aliphatic rings. The predicted octanol–water partition coefficient (Wildman–Crippen LogP) is -0.451. The van der Waals surface area contributed by atoms with Crippen LogP contribution >= 0.6 is 0 Å². The Bertz CT molecular complexity index is 655. The lowest BCUT2D eigenvalue weighted by Gasteiger charge is -2.19. The second kappa shape index (κ2) is 8.81. The zero-order valence-electron chi connectivity index (χ0n) is 14.4. The number of hydrogen-bond acceptors (Lipinski definition) is 6. The molecule has 0 aliphatic carbocycles. The molecule has 0 fully saturated rings. The number of aliphatic carboxylic acids is 2. The second-order valence-corrected chi connectivity index (χ2v) is 5.73. The Labute approximate surface area is 145 Å². The van der Waals surface area contributed by atoms with Gasteiger partial charge in [0.25, 0.3) is 0 Å². The molecule has 0 bridgehead atoms. The van der Waals surface area contributed by atoms with Crippen molar-refractivity contribution in [1.29, 1.82) is 0 Å². The summed E-state index contributed by atoms with van der Waals surface area (Å²) < 4.78 is 0. The lowest BCUT2D eigenvalue weighted by Crippen LogP contribution is -2.25. The molecule has 0 radical (unpaired) electrons. The minimum atomic E-state index is -1.31. The Morgan fingerprint density at radius 3 is 1.44 bits per heavy atom. The molecule has 136 valence electrons. The topological polar surface area (TPSA) is 138 Å². The number of hydrogen-bond donors (Lipinski definition) is 2. The SMILES string of the molecule is Cc1cc(C)c(NC(=O)CCC(=O)[O-])c(C)c1NC(=O)CCC(=O)[O-]. The highest BCUT2D eigenvalue weighted by Gasteiger charge is 2.15. The van der Waals surface area contributed by atoms with E-state index in [4.69, 9.17) is 0 Å². The summed E-state index contributed by atoms with van der Waals surface area (Å²) in [6.45, 7) is 5.24. The molecule has 0 saturated heterocycles. The molecule has 0 heterocycles. The number of anilines is 2. The molecule has 0 spiro atoms. The molecule has 2 N–H and O–H groups in total. The fourth-order valence-corrected chi connectivity index (χ4v) is 2.41. The summed E-state index contributed by atoms with van der Waals surface area (Å²) in [7, 11) is 0. The lowest BCUT2D eigenvalue weighted by atomic mass is 10.0. The predicted molar refractivity (Wildman–Crippen MR) is 86.4 cm³/mol. The first-order chi connectivity index (χ1) is 11.6. The summed E-state index contributed by atoms with van der Waals surface area (Å²) in [6.07, 6.45) is -1.21. The van der Waals surface area contributed by atoms with Crippen LogP contribution in [0.1, 0.15) is 42.4 Å². The molecule has 8 nitrogen and oxygen atoms in total. The summed E-state index contributed by atoms with van der Waals surface area (Å²) in [5.74, 6) is -3.58. The van der Waals surface area contributed by atoms with Crippen LogP contribution in [0.25, 0.3) is 0 Å². The minimum Gasteiger partial charge on any atom is -0.550 e. The molecule has 1 aromatic rings. The molecule has 2 amide bonds. The molecule has 25 heavy (non-hydrogen) atoms. The average molecular weight is 348 g/mol. The molecule has 8 heteroatoms. The Hall–Kier alpha value is -2.90. The van der Waals surface area contributed by atoms with Gasteiger partial charge in [-0.25, -0.2) is 0 Å². The van der Waals surface area contributed by atoms with Crippen LogP contribution in [-0.2, 0) is 19.2 Å². The van der Waals surface area contributed by atoms with Crippen molar-refractivity contribution in [1.82, 2.24) is 0 Å². The van der Waals surface area contributed by atoms with Gasteiger partial charge in [-0.1, -0.05) is 6.07 Å². The van der Waals surface area contributed by atoms with E-state index in [-0.39, 0.29) is 25.7 Å². The van der Waals surface area contributed by atoms with Crippen molar-refractivity contribution >= 4 is 35.1 Å². The Morgan fingerprint density at radius 1 is 0.760 bits per heavy atom. The monoisotopic (exact) mass is 348 g/mol. The van der Waals surface area contributed by atoms with Crippen LogP contribution in [0.15, 0.2) is 6.07 Å². The van der Waals surface area contributed by atoms with E-state index >= 15 is 0 Å². The van der Waals surface area contributed by atoms with Gasteiger partial charge in [0.1, 0.15) is 0 Å². The van der Waals surface area contributed by atoms with Gasteiger partial charge in [0.2, 0.25) is 11.8 Å². The summed E-state index contributed by atoms with van der Waals surface area (Å²) >= 11 is 0. The summed E-state index contributed by atoms with van der Waals surface area (Å²) in [5.41, 5.74) is 3.06. The molecular formula is C17H20N2O6-2. The molecule has 0 saturated carbocycles. The van der Waals surface area contributed by atoms with E-state index < -0.39 is 23.8 Å². The third-order valence-electron chi connectivity index (χ3n) is 3.61. The maximum Gasteiger partial charge on any atom is 0.224 e. The van der Waals surface area contributed by atoms with E-state index in [1.54, 1.807) is 26.8 Å². The van der Waals surface area contributed by atoms with Gasteiger partial charge in [0.15, 0.2) is 0 Å². The number of carboxylic acid groups (broad SMARTS) is 2. The quantitative estimate of drug-likeness (QED) is 0.652. The smallest absolute Gasteiger partial charge is 0.224 e. The molecule has 1 aromatic carbocycles. The van der Waals surface area contributed by atoms with Gasteiger partial charge in [-0.15, -0.1) is 0 Å². The average Bonchev–Trinajstić information content (AvgIpc) is 2.51. The first-order valence-corrected chi connectivity index (χ1v) is 7.72. The Kier molecular flexibility index (Phi) is 7.10. The highest BCUT2D eigenvalue weighted by molar-refractivity contribution is 5.98. The molecule has 0 aromatic heterocycles. The number of carbonyl (C=O) groups excluding carboxylic acids is 4. The van der Waals surface area contributed by atoms with Crippen LogP contribution in [0.2, 0.25) is 0 Å². The summed E-state index contributed by atoms with van der Waals surface area (Å²) in [4.78, 5) is 44.6. The molecule has 0 atom stereocenters. The maximum atomic E-state index is 11.9. The number of benzene rings is 1. The molecule has 1 rings (SSSR count). The molecular weight excluding hydrogens is 328 g/mol. The zero-order chi connectivity index (χ0) is 19.1. The van der Waals surface area contributed by atoms with E-state index in [2.05, 4.69) is 10.6 Å². The van der Waals surface area contributed by atoms with Gasteiger partial charge in [-0.3, -0.25) is 9.59 Å². The normalized spacial score (nSPS) is 10.2. The van der Waals surface area contributed by atoms with Crippen molar-refractivity contribution in [2.24, 2.45) is 0 Å². The van der Waals surface area contributed by atoms with Crippen LogP contribution < -0.4 is 20.8 Å². The lowest BCUT2D eigenvalue weighted by molar-refractivity contribution is -0.307. The van der Waals surface area contributed by atoms with Gasteiger partial charge in [-0.05, 0) is 50.3 Å². The maximum absolute atomic E-state index is 11.9. The van der Waals surface area contributed by atoms with Crippen LogP contribution in [-0.4, -0.2) is 23.8 Å². The second-order valence-electron chi connectivity index (χ2n) is 5.73. The highest BCUT2D eigenvalue weighted by atomic mass is 16.4. The summed E-state index contributed by atoms with van der Waals surface area (Å²) in [5, 5.41) is 26.1. The van der Waals surface area contributed by atoms with Crippen molar-refractivity contribution in [3.63, 3.8) is 0 Å². The third-order valence-corrected chi connectivity index (χ3v) is 3.61. The molecule has 0 aliphatic heterocycles. The number of carboxylic acids is 2. The Morgan fingerprint density at radius 2 is 1.12 bits per heavy atom. The van der Waals surface area contributed by atoms with Gasteiger partial charge in [-0.2, -0.15) is 0 Å². The first-order valence-electron chi connectivity index (χ1n) is 7.72. The largest absolute Gasteiger partial charge is 0.550 e. The molecule has 0 unspecified atom stereocenters. The fourth-order valence-electron chi connectivity index (χ4n) is 2.41. The van der Waals surface area contributed by atoms with E-state index in [9.17, 15) is 29.4 Å². The number of amides is 2.